The van der Waals surface area contributed by atoms with Gasteiger partial charge in [-0.25, -0.2) is 14.5 Å². The zero-order valence-corrected chi connectivity index (χ0v) is 27.1. The number of pyridine rings is 2. The van der Waals surface area contributed by atoms with E-state index >= 15 is 0 Å². The van der Waals surface area contributed by atoms with E-state index < -0.39 is 23.4 Å². The molecule has 0 bridgehead atoms. The molecule has 3 aromatic rings. The van der Waals surface area contributed by atoms with Crippen molar-refractivity contribution in [1.29, 1.82) is 0 Å². The monoisotopic (exact) mass is 598 g/mol. The minimum Gasteiger partial charge on any atom is -0.443 e. The molecule has 8 nitrogen and oxygen atoms in total. The summed E-state index contributed by atoms with van der Waals surface area (Å²) in [5.41, 5.74) is 7.34. The van der Waals surface area contributed by atoms with Gasteiger partial charge in [-0.1, -0.05) is 30.3 Å². The maximum atomic E-state index is 13.0. The lowest BCUT2D eigenvalue weighted by Crippen LogP contribution is -2.44. The zero-order chi connectivity index (χ0) is 31.5. The summed E-state index contributed by atoms with van der Waals surface area (Å²) in [4.78, 5) is 39.4. The van der Waals surface area contributed by atoms with Gasteiger partial charge in [0.05, 0.1) is 17.4 Å². The first kappa shape index (κ1) is 31.6. The third kappa shape index (κ3) is 7.65. The van der Waals surface area contributed by atoms with Gasteiger partial charge in [-0.3, -0.25) is 14.9 Å². The highest BCUT2D eigenvalue weighted by molar-refractivity contribution is 5.88. The summed E-state index contributed by atoms with van der Waals surface area (Å²) in [6.07, 6.45) is 7.92. The molecule has 1 atom stereocenters. The number of ether oxygens (including phenoxy) is 2. The number of rotatable bonds is 8. The van der Waals surface area contributed by atoms with Crippen LogP contribution in [-0.4, -0.2) is 56.2 Å². The second-order valence-electron chi connectivity index (χ2n) is 13.9. The Hall–Kier alpha value is -3.78. The van der Waals surface area contributed by atoms with Gasteiger partial charge in [-0.05, 0) is 120 Å². The predicted octanol–water partition coefficient (Wildman–Crippen LogP) is 7.88. The molecule has 1 aromatic carbocycles. The van der Waals surface area contributed by atoms with Crippen LogP contribution in [0.5, 0.6) is 0 Å². The van der Waals surface area contributed by atoms with Gasteiger partial charge in [-0.15, -0.1) is 0 Å². The summed E-state index contributed by atoms with van der Waals surface area (Å²) in [6.45, 7) is 12.4. The van der Waals surface area contributed by atoms with Gasteiger partial charge in [0.15, 0.2) is 0 Å². The van der Waals surface area contributed by atoms with E-state index in [1.807, 2.05) is 18.5 Å². The number of hydrogen-bond donors (Lipinski definition) is 0. The van der Waals surface area contributed by atoms with E-state index in [1.54, 1.807) is 41.5 Å². The van der Waals surface area contributed by atoms with Crippen LogP contribution in [0.3, 0.4) is 0 Å². The van der Waals surface area contributed by atoms with Crippen molar-refractivity contribution in [1.82, 2.24) is 19.8 Å². The number of carbonyl (C=O) groups excluding carboxylic acids is 2. The highest BCUT2D eigenvalue weighted by Gasteiger charge is 2.32. The maximum Gasteiger partial charge on any atom is 0.419 e. The van der Waals surface area contributed by atoms with Crippen LogP contribution >= 0.6 is 0 Å². The van der Waals surface area contributed by atoms with Crippen LogP contribution in [0.1, 0.15) is 101 Å². The van der Waals surface area contributed by atoms with Crippen molar-refractivity contribution in [2.45, 2.75) is 104 Å². The average Bonchev–Trinajstić information content (AvgIpc) is 3.34. The number of amides is 2. The van der Waals surface area contributed by atoms with Gasteiger partial charge in [0, 0.05) is 31.9 Å². The molecule has 5 rings (SSSR count). The minimum atomic E-state index is -0.724. The molecule has 2 amide bonds. The van der Waals surface area contributed by atoms with Crippen molar-refractivity contribution in [3.8, 4) is 11.1 Å². The highest BCUT2D eigenvalue weighted by atomic mass is 16.6. The number of carbonyl (C=O) groups is 2. The molecule has 2 aliphatic rings. The molecule has 0 N–H and O–H groups in total. The summed E-state index contributed by atoms with van der Waals surface area (Å²) in [5.74, 6) is 0. The molecule has 2 aromatic heterocycles. The molecule has 2 heterocycles. The van der Waals surface area contributed by atoms with Crippen molar-refractivity contribution in [3.63, 3.8) is 0 Å². The van der Waals surface area contributed by atoms with Crippen LogP contribution in [0.2, 0.25) is 0 Å². The number of benzene rings is 1. The van der Waals surface area contributed by atoms with Crippen molar-refractivity contribution in [2.75, 3.05) is 13.1 Å². The molecule has 44 heavy (non-hydrogen) atoms. The number of hydrogen-bond acceptors (Lipinski definition) is 7. The lowest BCUT2D eigenvalue weighted by molar-refractivity contribution is 0.00101. The van der Waals surface area contributed by atoms with E-state index in [9.17, 15) is 9.59 Å². The number of nitrogens with zero attached hydrogens (tertiary/aromatic N) is 4. The van der Waals surface area contributed by atoms with E-state index in [1.165, 1.54) is 27.8 Å². The molecule has 234 valence electrons. The molecular formula is C36H46N4O4. The highest BCUT2D eigenvalue weighted by Crippen LogP contribution is 2.39. The van der Waals surface area contributed by atoms with E-state index in [-0.39, 0.29) is 12.6 Å². The fraction of sp³-hybridized carbons (Fsp3) is 0.500. The Morgan fingerprint density at radius 3 is 2.23 bits per heavy atom. The second kappa shape index (κ2) is 13.1. The van der Waals surface area contributed by atoms with E-state index in [0.29, 0.717) is 13.0 Å². The summed E-state index contributed by atoms with van der Waals surface area (Å²) in [5, 5.41) is 0. The number of unbranched alkanes of at least 4 members (excludes halogenated alkanes) is 1. The maximum absolute atomic E-state index is 13.0. The van der Waals surface area contributed by atoms with Crippen LogP contribution in [0.25, 0.3) is 11.1 Å². The topological polar surface area (TPSA) is 84.9 Å². The van der Waals surface area contributed by atoms with Gasteiger partial charge < -0.3 is 9.47 Å². The first-order valence-corrected chi connectivity index (χ1v) is 15.9. The van der Waals surface area contributed by atoms with Gasteiger partial charge in [0.2, 0.25) is 0 Å². The van der Waals surface area contributed by atoms with Crippen molar-refractivity contribution in [2.24, 2.45) is 0 Å². The van der Waals surface area contributed by atoms with Crippen LogP contribution in [-0.2, 0) is 28.9 Å². The van der Waals surface area contributed by atoms with Crippen LogP contribution < -0.4 is 0 Å². The van der Waals surface area contributed by atoms with Gasteiger partial charge in [0.1, 0.15) is 11.2 Å². The summed E-state index contributed by atoms with van der Waals surface area (Å²) in [6, 6.07) is 15.1. The Morgan fingerprint density at radius 1 is 0.818 bits per heavy atom. The molecule has 0 radical (unpaired) electrons. The normalized spacial score (nSPS) is 15.8. The second-order valence-corrected chi connectivity index (χ2v) is 13.9. The standard InChI is InChI=1S/C36H46N4O4/c1-35(2,3)43-33(41)40(34(42)44-36(4,5)6)22-10-9-21-39(31-17-11-14-25-15-12-19-38-32(25)31)24-30-29-23-26-13-7-8-16-27(26)28(29)18-20-37-30/h7-8,12-13,15-16,18-20,31H,9-11,14,17,21-24H2,1-6H3/t31-/m0/s1. The molecule has 8 heteroatoms. The third-order valence-corrected chi connectivity index (χ3v) is 8.08. The van der Waals surface area contributed by atoms with E-state index in [2.05, 4.69) is 41.3 Å². The summed E-state index contributed by atoms with van der Waals surface area (Å²) >= 11 is 0. The Bertz CT molecular complexity index is 1460. The lowest BCUT2D eigenvalue weighted by atomic mass is 9.90. The quantitative estimate of drug-likeness (QED) is 0.191. The predicted molar refractivity (Wildman–Crippen MR) is 171 cm³/mol. The Morgan fingerprint density at radius 2 is 1.50 bits per heavy atom. The Labute approximate surface area is 261 Å². The fourth-order valence-electron chi connectivity index (χ4n) is 6.20. The third-order valence-electron chi connectivity index (χ3n) is 8.08. The van der Waals surface area contributed by atoms with Crippen LogP contribution in [0.4, 0.5) is 9.59 Å². The largest absolute Gasteiger partial charge is 0.443 e. The first-order valence-electron chi connectivity index (χ1n) is 15.9. The van der Waals surface area contributed by atoms with Crippen molar-refractivity contribution >= 4 is 12.2 Å². The van der Waals surface area contributed by atoms with Gasteiger partial charge >= 0.3 is 12.2 Å². The van der Waals surface area contributed by atoms with Crippen molar-refractivity contribution < 1.29 is 19.1 Å². The average molecular weight is 599 g/mol. The summed E-state index contributed by atoms with van der Waals surface area (Å²) < 4.78 is 11.1. The Kier molecular flexibility index (Phi) is 9.39. The van der Waals surface area contributed by atoms with Gasteiger partial charge in [-0.2, -0.15) is 0 Å². The molecule has 0 fully saturated rings. The number of aromatic nitrogens is 2. The fourth-order valence-corrected chi connectivity index (χ4v) is 6.20. The number of fused-ring (bicyclic) bond motifs is 4. The molecule has 0 saturated heterocycles. The lowest BCUT2D eigenvalue weighted by Gasteiger charge is -2.35. The minimum absolute atomic E-state index is 0.175. The zero-order valence-electron chi connectivity index (χ0n) is 27.1. The van der Waals surface area contributed by atoms with Crippen LogP contribution in [0.15, 0.2) is 54.9 Å². The molecule has 0 saturated carbocycles. The smallest absolute Gasteiger partial charge is 0.419 e. The van der Waals surface area contributed by atoms with Crippen molar-refractivity contribution in [3.05, 3.63) is 82.9 Å². The number of imide groups is 1. The molecular weight excluding hydrogens is 552 g/mol. The molecule has 0 unspecified atom stereocenters. The molecule has 0 aliphatic heterocycles. The SMILES string of the molecule is CC(C)(C)OC(=O)N(CCCCN(Cc1nccc2c1Cc1ccccc1-2)[C@H]1CCCc2cccnc21)C(=O)OC(C)(C)C. The van der Waals surface area contributed by atoms with E-state index in [4.69, 9.17) is 19.4 Å². The first-order chi connectivity index (χ1) is 20.9. The number of aryl methyl sites for hydroxylation is 1. The van der Waals surface area contributed by atoms with E-state index in [0.717, 1.165) is 54.9 Å². The van der Waals surface area contributed by atoms with Gasteiger partial charge in [0.25, 0.3) is 0 Å². The Balaban J connectivity index is 1.34. The molecule has 0 spiro atoms. The molecule has 2 aliphatic carbocycles. The van der Waals surface area contributed by atoms with Crippen LogP contribution in [0, 0.1) is 0 Å². The summed E-state index contributed by atoms with van der Waals surface area (Å²) in [7, 11) is 0.